The molecule has 0 aliphatic rings. The molecule has 10 nitrogen and oxygen atoms in total. The Balaban J connectivity index is 5.12. The number of hydroxylamine groups is 4. The van der Waals surface area contributed by atoms with E-state index in [1.54, 1.807) is 27.7 Å². The zero-order chi connectivity index (χ0) is 25.4. The highest BCUT2D eigenvalue weighted by Gasteiger charge is 2.29. The summed E-state index contributed by atoms with van der Waals surface area (Å²) in [5.41, 5.74) is -0.315. The Labute approximate surface area is 196 Å². The SMILES string of the molecule is CC=CC(=O)ON(CCC(C)(C)CC(C)CN(OC(=O)C=CC)C(=O)OCC)C(=O)OCC. The molecule has 0 aliphatic carbocycles. The fourth-order valence-electron chi connectivity index (χ4n) is 3.06. The van der Waals surface area contributed by atoms with Gasteiger partial charge in [-0.1, -0.05) is 32.9 Å². The van der Waals surface area contributed by atoms with Crippen molar-refractivity contribution in [3.63, 3.8) is 0 Å². The zero-order valence-corrected chi connectivity index (χ0v) is 20.8. The number of hydrogen-bond donors (Lipinski definition) is 0. The lowest BCUT2D eigenvalue weighted by molar-refractivity contribution is -0.179. The number of amides is 2. The summed E-state index contributed by atoms with van der Waals surface area (Å²) in [5.74, 6) is -1.43. The molecule has 10 heteroatoms. The average molecular weight is 471 g/mol. The van der Waals surface area contributed by atoms with Crippen molar-refractivity contribution in [3.8, 4) is 0 Å². The van der Waals surface area contributed by atoms with E-state index in [4.69, 9.17) is 19.1 Å². The maximum atomic E-state index is 12.2. The quantitative estimate of drug-likeness (QED) is 0.322. The lowest BCUT2D eigenvalue weighted by atomic mass is 9.80. The second kappa shape index (κ2) is 15.7. The van der Waals surface area contributed by atoms with Crippen molar-refractivity contribution in [2.24, 2.45) is 11.3 Å². The lowest BCUT2D eigenvalue weighted by Gasteiger charge is -2.31. The summed E-state index contributed by atoms with van der Waals surface area (Å²) in [6, 6.07) is 0. The first-order chi connectivity index (χ1) is 15.5. The van der Waals surface area contributed by atoms with Gasteiger partial charge in [-0.05, 0) is 51.9 Å². The van der Waals surface area contributed by atoms with Crippen molar-refractivity contribution in [2.45, 2.75) is 61.3 Å². The Hall–Kier alpha value is -3.04. The molecule has 0 N–H and O–H groups in total. The van der Waals surface area contributed by atoms with Crippen molar-refractivity contribution in [1.29, 1.82) is 0 Å². The minimum absolute atomic E-state index is 0.0792. The number of nitrogens with zero attached hydrogens (tertiary/aromatic N) is 2. The number of hydrogen-bond acceptors (Lipinski definition) is 8. The molecule has 0 spiro atoms. The van der Waals surface area contributed by atoms with Crippen molar-refractivity contribution in [2.75, 3.05) is 26.3 Å². The highest BCUT2D eigenvalue weighted by molar-refractivity contribution is 5.83. The van der Waals surface area contributed by atoms with Gasteiger partial charge in [0.2, 0.25) is 0 Å². The van der Waals surface area contributed by atoms with Crippen LogP contribution in [0.1, 0.15) is 61.3 Å². The van der Waals surface area contributed by atoms with Crippen LogP contribution in [0, 0.1) is 11.3 Å². The van der Waals surface area contributed by atoms with Crippen LogP contribution in [-0.4, -0.2) is 60.6 Å². The fraction of sp³-hybridized carbons (Fsp3) is 0.652. The standard InChI is InChI=1S/C23H38N2O8/c1-8-12-19(26)32-24(21(28)30-10-3)15-14-23(6,7)16-18(5)17-25(22(29)31-11-4)33-20(27)13-9-2/h8-9,12-13,18H,10-11,14-17H2,1-7H3. The summed E-state index contributed by atoms with van der Waals surface area (Å²) in [5, 5.41) is 1.82. The van der Waals surface area contributed by atoms with E-state index in [0.29, 0.717) is 12.8 Å². The third-order valence-electron chi connectivity index (χ3n) is 4.32. The fourth-order valence-corrected chi connectivity index (χ4v) is 3.06. The molecule has 0 aromatic heterocycles. The van der Waals surface area contributed by atoms with Gasteiger partial charge in [0.1, 0.15) is 0 Å². The summed E-state index contributed by atoms with van der Waals surface area (Å²) < 4.78 is 9.93. The maximum Gasteiger partial charge on any atom is 0.443 e. The first kappa shape index (κ1) is 30.0. The molecule has 0 rings (SSSR count). The Morgan fingerprint density at radius 3 is 1.76 bits per heavy atom. The van der Waals surface area contributed by atoms with Crippen LogP contribution in [0.4, 0.5) is 9.59 Å². The van der Waals surface area contributed by atoms with Crippen LogP contribution in [0.3, 0.4) is 0 Å². The maximum absolute atomic E-state index is 12.2. The monoisotopic (exact) mass is 470 g/mol. The van der Waals surface area contributed by atoms with Gasteiger partial charge >= 0.3 is 24.1 Å². The first-order valence-electron chi connectivity index (χ1n) is 11.1. The highest BCUT2D eigenvalue weighted by Crippen LogP contribution is 2.30. The van der Waals surface area contributed by atoms with E-state index in [9.17, 15) is 19.2 Å². The Kier molecular flexibility index (Phi) is 14.3. The van der Waals surface area contributed by atoms with Gasteiger partial charge < -0.3 is 19.1 Å². The number of allylic oxidation sites excluding steroid dienone is 2. The van der Waals surface area contributed by atoms with Crippen LogP contribution >= 0.6 is 0 Å². The van der Waals surface area contributed by atoms with Gasteiger partial charge in [0.25, 0.3) is 0 Å². The van der Waals surface area contributed by atoms with Gasteiger partial charge in [0.15, 0.2) is 0 Å². The molecular formula is C23H38N2O8. The molecule has 0 bridgehead atoms. The molecule has 0 aliphatic heterocycles. The number of ether oxygens (including phenoxy) is 2. The number of rotatable bonds is 11. The van der Waals surface area contributed by atoms with Crippen molar-refractivity contribution in [3.05, 3.63) is 24.3 Å². The summed E-state index contributed by atoms with van der Waals surface area (Å²) in [6.45, 7) is 13.1. The Morgan fingerprint density at radius 1 is 0.848 bits per heavy atom. The molecule has 0 saturated carbocycles. The molecule has 33 heavy (non-hydrogen) atoms. The third-order valence-corrected chi connectivity index (χ3v) is 4.32. The van der Waals surface area contributed by atoms with Crippen LogP contribution in [-0.2, 0) is 28.7 Å². The first-order valence-corrected chi connectivity index (χ1v) is 11.1. The molecular weight excluding hydrogens is 432 g/mol. The van der Waals surface area contributed by atoms with E-state index in [1.807, 2.05) is 20.8 Å². The predicted octanol–water partition coefficient (Wildman–Crippen LogP) is 4.41. The highest BCUT2D eigenvalue weighted by atomic mass is 16.8. The molecule has 1 unspecified atom stereocenters. The zero-order valence-electron chi connectivity index (χ0n) is 20.8. The van der Waals surface area contributed by atoms with E-state index in [1.165, 1.54) is 24.3 Å². The van der Waals surface area contributed by atoms with Crippen molar-refractivity contribution >= 4 is 24.1 Å². The minimum atomic E-state index is -0.747. The van der Waals surface area contributed by atoms with Gasteiger partial charge in [-0.2, -0.15) is 0 Å². The van der Waals surface area contributed by atoms with Gasteiger partial charge in [0, 0.05) is 12.2 Å². The lowest BCUT2D eigenvalue weighted by Crippen LogP contribution is -2.39. The normalized spacial score (nSPS) is 12.3. The Morgan fingerprint density at radius 2 is 1.30 bits per heavy atom. The molecule has 0 saturated heterocycles. The molecule has 0 aromatic rings. The average Bonchev–Trinajstić information content (AvgIpc) is 2.70. The minimum Gasteiger partial charge on any atom is -0.448 e. The molecule has 1 atom stereocenters. The van der Waals surface area contributed by atoms with E-state index < -0.39 is 24.1 Å². The van der Waals surface area contributed by atoms with Gasteiger partial charge in [0.05, 0.1) is 26.3 Å². The van der Waals surface area contributed by atoms with Crippen LogP contribution in [0.15, 0.2) is 24.3 Å². The van der Waals surface area contributed by atoms with Crippen molar-refractivity contribution < 1.29 is 38.3 Å². The molecule has 0 fully saturated rings. The molecule has 0 radical (unpaired) electrons. The third kappa shape index (κ3) is 13.2. The van der Waals surface area contributed by atoms with E-state index >= 15 is 0 Å². The summed E-state index contributed by atoms with van der Waals surface area (Å²) >= 11 is 0. The second-order valence-electron chi connectivity index (χ2n) is 8.11. The smallest absolute Gasteiger partial charge is 0.443 e. The predicted molar refractivity (Wildman–Crippen MR) is 121 cm³/mol. The van der Waals surface area contributed by atoms with Crippen LogP contribution in [0.2, 0.25) is 0 Å². The molecule has 2 amide bonds. The summed E-state index contributed by atoms with van der Waals surface area (Å²) in [6.07, 6.45) is 5.04. The number of carbonyl (C=O) groups excluding carboxylic acids is 4. The van der Waals surface area contributed by atoms with E-state index in [-0.39, 0.29) is 37.6 Å². The van der Waals surface area contributed by atoms with Crippen LogP contribution in [0.25, 0.3) is 0 Å². The number of carbonyl (C=O) groups is 4. The van der Waals surface area contributed by atoms with Gasteiger partial charge in [-0.15, -0.1) is 10.1 Å². The van der Waals surface area contributed by atoms with Crippen molar-refractivity contribution in [1.82, 2.24) is 10.1 Å². The van der Waals surface area contributed by atoms with Crippen LogP contribution < -0.4 is 0 Å². The molecule has 188 valence electrons. The topological polar surface area (TPSA) is 112 Å². The second-order valence-corrected chi connectivity index (χ2v) is 8.11. The molecule has 0 aromatic carbocycles. The molecule has 0 heterocycles. The summed E-state index contributed by atoms with van der Waals surface area (Å²) in [4.78, 5) is 58.1. The Bertz CT molecular complexity index is 703. The van der Waals surface area contributed by atoms with Gasteiger partial charge in [-0.25, -0.2) is 19.2 Å². The van der Waals surface area contributed by atoms with Crippen LogP contribution in [0.5, 0.6) is 0 Å². The van der Waals surface area contributed by atoms with E-state index in [0.717, 1.165) is 10.1 Å². The largest absolute Gasteiger partial charge is 0.448 e. The van der Waals surface area contributed by atoms with Gasteiger partial charge in [-0.3, -0.25) is 0 Å². The van der Waals surface area contributed by atoms with E-state index in [2.05, 4.69) is 0 Å². The summed E-state index contributed by atoms with van der Waals surface area (Å²) in [7, 11) is 0.